The molecular formula is C18H22ClN5O2S. The molecule has 2 atom stereocenters. The fourth-order valence-corrected chi connectivity index (χ4v) is 3.05. The number of halogens is 1. The van der Waals surface area contributed by atoms with E-state index < -0.39 is 10.8 Å². The highest BCUT2D eigenvalue weighted by molar-refractivity contribution is 8.00. The van der Waals surface area contributed by atoms with Crippen LogP contribution in [0.4, 0.5) is 0 Å². The predicted molar refractivity (Wildman–Crippen MR) is 106 cm³/mol. The number of nitriles is 1. The molecule has 0 saturated heterocycles. The molecule has 2 unspecified atom stereocenters. The number of nitrogens with zero attached hydrogens (tertiary/aromatic N) is 3. The topological polar surface area (TPSA) is 104 Å². The van der Waals surface area contributed by atoms with E-state index in [9.17, 15) is 10.1 Å². The van der Waals surface area contributed by atoms with Gasteiger partial charge in [-0.2, -0.15) is 5.26 Å². The fraction of sp³-hybridized carbons (Fsp3) is 0.444. The number of thioether (sulfide) groups is 1. The number of aromatic amines is 1. The van der Waals surface area contributed by atoms with E-state index in [1.165, 1.54) is 11.8 Å². The maximum absolute atomic E-state index is 12.5. The van der Waals surface area contributed by atoms with Gasteiger partial charge in [-0.05, 0) is 38.0 Å². The van der Waals surface area contributed by atoms with Crippen molar-refractivity contribution in [1.29, 1.82) is 5.26 Å². The van der Waals surface area contributed by atoms with Crippen molar-refractivity contribution < 1.29 is 9.53 Å². The summed E-state index contributed by atoms with van der Waals surface area (Å²) in [6.45, 7) is 7.24. The van der Waals surface area contributed by atoms with E-state index in [0.29, 0.717) is 27.3 Å². The molecule has 144 valence electrons. The SMILES string of the molecule is COc1ccc(Cl)cc1-c1nc(SC(C)C(=O)NC(C)(C#N)C(C)C)n[nH]1. The van der Waals surface area contributed by atoms with E-state index in [2.05, 4.69) is 26.6 Å². The van der Waals surface area contributed by atoms with Gasteiger partial charge in [-0.15, -0.1) is 5.10 Å². The zero-order chi connectivity index (χ0) is 20.2. The van der Waals surface area contributed by atoms with Gasteiger partial charge in [-0.1, -0.05) is 37.2 Å². The van der Waals surface area contributed by atoms with Crippen molar-refractivity contribution in [1.82, 2.24) is 20.5 Å². The van der Waals surface area contributed by atoms with Crippen LogP contribution in [-0.2, 0) is 4.79 Å². The van der Waals surface area contributed by atoms with E-state index in [-0.39, 0.29) is 11.8 Å². The molecule has 1 heterocycles. The third-order valence-corrected chi connectivity index (χ3v) is 5.50. The molecule has 1 aromatic carbocycles. The quantitative estimate of drug-likeness (QED) is 0.678. The molecule has 27 heavy (non-hydrogen) atoms. The first-order chi connectivity index (χ1) is 12.7. The van der Waals surface area contributed by atoms with Crippen LogP contribution < -0.4 is 10.1 Å². The van der Waals surface area contributed by atoms with E-state index >= 15 is 0 Å². The molecule has 0 spiro atoms. The highest BCUT2D eigenvalue weighted by Crippen LogP contribution is 2.31. The molecule has 1 amide bonds. The first-order valence-corrected chi connectivity index (χ1v) is 9.62. The zero-order valence-electron chi connectivity index (χ0n) is 15.8. The van der Waals surface area contributed by atoms with Gasteiger partial charge in [0, 0.05) is 5.02 Å². The molecule has 2 N–H and O–H groups in total. The van der Waals surface area contributed by atoms with Gasteiger partial charge in [0.25, 0.3) is 0 Å². The third-order valence-electron chi connectivity index (χ3n) is 4.30. The number of carbonyl (C=O) groups is 1. The van der Waals surface area contributed by atoms with E-state index in [1.54, 1.807) is 39.2 Å². The molecule has 0 bridgehead atoms. The second-order valence-electron chi connectivity index (χ2n) is 6.53. The number of hydrogen-bond donors (Lipinski definition) is 2. The maximum atomic E-state index is 12.5. The zero-order valence-corrected chi connectivity index (χ0v) is 17.4. The highest BCUT2D eigenvalue weighted by atomic mass is 35.5. The number of rotatable bonds is 7. The lowest BCUT2D eigenvalue weighted by molar-refractivity contribution is -0.121. The Morgan fingerprint density at radius 2 is 2.15 bits per heavy atom. The van der Waals surface area contributed by atoms with Crippen LogP contribution in [0.25, 0.3) is 11.4 Å². The molecule has 0 saturated carbocycles. The predicted octanol–water partition coefficient (Wildman–Crippen LogP) is 3.67. The third kappa shape index (κ3) is 4.93. The highest BCUT2D eigenvalue weighted by Gasteiger charge is 2.32. The molecular weight excluding hydrogens is 386 g/mol. The molecule has 1 aromatic heterocycles. The van der Waals surface area contributed by atoms with E-state index in [1.807, 2.05) is 13.8 Å². The summed E-state index contributed by atoms with van der Waals surface area (Å²) in [7, 11) is 1.56. The minimum Gasteiger partial charge on any atom is -0.496 e. The number of amides is 1. The van der Waals surface area contributed by atoms with Crippen LogP contribution in [0.3, 0.4) is 0 Å². The van der Waals surface area contributed by atoms with Gasteiger partial charge in [-0.25, -0.2) is 4.98 Å². The van der Waals surface area contributed by atoms with Crippen LogP contribution in [0.5, 0.6) is 5.75 Å². The number of hydrogen-bond acceptors (Lipinski definition) is 6. The van der Waals surface area contributed by atoms with Crippen molar-refractivity contribution in [2.75, 3.05) is 7.11 Å². The number of methoxy groups -OCH3 is 1. The standard InChI is InChI=1S/C18H22ClN5O2S/c1-10(2)18(4,9-20)22-16(25)11(3)27-17-21-15(23-24-17)13-8-12(19)6-7-14(13)26-5/h6-8,10-11H,1-5H3,(H,22,25)(H,21,23,24). The van der Waals surface area contributed by atoms with Crippen LogP contribution in [0.15, 0.2) is 23.4 Å². The maximum Gasteiger partial charge on any atom is 0.234 e. The monoisotopic (exact) mass is 407 g/mol. The molecule has 7 nitrogen and oxygen atoms in total. The number of H-pyrrole nitrogens is 1. The van der Waals surface area contributed by atoms with Crippen LogP contribution in [0.2, 0.25) is 5.02 Å². The largest absolute Gasteiger partial charge is 0.496 e. The lowest BCUT2D eigenvalue weighted by Gasteiger charge is -2.28. The van der Waals surface area contributed by atoms with Crippen LogP contribution in [0.1, 0.15) is 27.7 Å². The number of benzene rings is 1. The normalized spacial score (nSPS) is 14.3. The van der Waals surface area contributed by atoms with Crippen LogP contribution >= 0.6 is 23.4 Å². The van der Waals surface area contributed by atoms with Crippen molar-refractivity contribution >= 4 is 29.3 Å². The van der Waals surface area contributed by atoms with Gasteiger partial charge in [0.2, 0.25) is 11.1 Å². The van der Waals surface area contributed by atoms with Gasteiger partial charge in [0.15, 0.2) is 5.82 Å². The summed E-state index contributed by atoms with van der Waals surface area (Å²) in [5.74, 6) is 0.839. The number of nitrogens with one attached hydrogen (secondary N) is 2. The Labute approximate surface area is 167 Å². The van der Waals surface area contributed by atoms with Crippen molar-refractivity contribution in [2.24, 2.45) is 5.92 Å². The Bertz CT molecular complexity index is 864. The fourth-order valence-electron chi connectivity index (χ4n) is 2.16. The molecule has 2 aromatic rings. The average molecular weight is 408 g/mol. The minimum atomic E-state index is -0.926. The first kappa shape index (κ1) is 21.1. The van der Waals surface area contributed by atoms with Gasteiger partial charge in [-0.3, -0.25) is 9.89 Å². The first-order valence-electron chi connectivity index (χ1n) is 8.36. The molecule has 9 heteroatoms. The lowest BCUT2D eigenvalue weighted by atomic mass is 9.90. The Morgan fingerprint density at radius 3 is 2.74 bits per heavy atom. The van der Waals surface area contributed by atoms with Crippen LogP contribution in [0, 0.1) is 17.2 Å². The van der Waals surface area contributed by atoms with Crippen LogP contribution in [-0.4, -0.2) is 39.0 Å². The van der Waals surface area contributed by atoms with Gasteiger partial charge in [0.05, 0.1) is 24.0 Å². The summed E-state index contributed by atoms with van der Waals surface area (Å²) >= 11 is 7.25. The summed E-state index contributed by atoms with van der Waals surface area (Å²) in [6.07, 6.45) is 0. The summed E-state index contributed by atoms with van der Waals surface area (Å²) in [5.41, 5.74) is -0.247. The molecule has 0 radical (unpaired) electrons. The minimum absolute atomic E-state index is 0.0194. The number of ether oxygens (including phenoxy) is 1. The summed E-state index contributed by atoms with van der Waals surface area (Å²) in [6, 6.07) is 7.37. The van der Waals surface area contributed by atoms with E-state index in [4.69, 9.17) is 16.3 Å². The Morgan fingerprint density at radius 1 is 1.44 bits per heavy atom. The van der Waals surface area contributed by atoms with E-state index in [0.717, 1.165) is 0 Å². The molecule has 2 rings (SSSR count). The Kier molecular flexibility index (Phi) is 6.73. The smallest absolute Gasteiger partial charge is 0.234 e. The van der Waals surface area contributed by atoms with Gasteiger partial charge >= 0.3 is 0 Å². The van der Waals surface area contributed by atoms with Crippen molar-refractivity contribution in [2.45, 2.75) is 43.6 Å². The second kappa shape index (κ2) is 8.63. The summed E-state index contributed by atoms with van der Waals surface area (Å²) in [5, 5.41) is 19.6. The van der Waals surface area contributed by atoms with Crippen molar-refractivity contribution in [3.8, 4) is 23.2 Å². The summed E-state index contributed by atoms with van der Waals surface area (Å²) < 4.78 is 5.32. The Balaban J connectivity index is 2.13. The number of aromatic nitrogens is 3. The van der Waals surface area contributed by atoms with Crippen molar-refractivity contribution in [3.63, 3.8) is 0 Å². The Hall–Kier alpha value is -2.24. The summed E-state index contributed by atoms with van der Waals surface area (Å²) in [4.78, 5) is 16.9. The lowest BCUT2D eigenvalue weighted by Crippen LogP contribution is -2.51. The van der Waals surface area contributed by atoms with Gasteiger partial charge in [0.1, 0.15) is 11.3 Å². The second-order valence-corrected chi connectivity index (χ2v) is 8.27. The molecule has 0 aliphatic carbocycles. The van der Waals surface area contributed by atoms with Gasteiger partial charge < -0.3 is 10.1 Å². The average Bonchev–Trinajstić information content (AvgIpc) is 3.09. The molecule has 0 fully saturated rings. The van der Waals surface area contributed by atoms with Crippen molar-refractivity contribution in [3.05, 3.63) is 23.2 Å². The number of carbonyl (C=O) groups excluding carboxylic acids is 1. The molecule has 0 aliphatic heterocycles. The molecule has 0 aliphatic rings.